The zero-order valence-electron chi connectivity index (χ0n) is 15.6. The highest BCUT2D eigenvalue weighted by Gasteiger charge is 2.50. The molecule has 2 fully saturated rings. The number of ether oxygens (including phenoxy) is 1. The number of hydrogen-bond acceptors (Lipinski definition) is 5. The molecule has 2 aliphatic rings. The Morgan fingerprint density at radius 2 is 1.93 bits per heavy atom. The number of aromatic nitrogens is 2. The Hall–Kier alpha value is -1.61. The molecule has 1 aromatic heterocycles. The van der Waals surface area contributed by atoms with Gasteiger partial charge in [-0.25, -0.2) is 8.42 Å². The maximum Gasteiger partial charge on any atom is 0.247 e. The maximum absolute atomic E-state index is 13.4. The summed E-state index contributed by atoms with van der Waals surface area (Å²) in [4.78, 5) is 0.298. The second kappa shape index (κ2) is 7.43. The molecule has 148 valence electrons. The summed E-state index contributed by atoms with van der Waals surface area (Å²) in [6, 6.07) is 7.56. The summed E-state index contributed by atoms with van der Waals surface area (Å²) in [6.07, 6.45) is 1.46. The predicted octanol–water partition coefficient (Wildman–Crippen LogP) is 1.74. The summed E-state index contributed by atoms with van der Waals surface area (Å²) in [5, 5.41) is 7.54. The predicted molar refractivity (Wildman–Crippen MR) is 105 cm³/mol. The number of sulfonamides is 1. The van der Waals surface area contributed by atoms with Gasteiger partial charge in [0.1, 0.15) is 10.6 Å². The molecule has 9 heteroatoms. The standard InChI is InChI=1S/C18H24N4O3S.ClH/c1-12-17(10-20-21(12)2)26(23,24)22-11-14-8-19-9-16(14)18(22)13-4-6-15(25-3)7-5-13;/h4-7,10,14,16,18-19H,8-9,11H2,1-3H3;1H/t14-,16-,18-;/m0./s1. The highest BCUT2D eigenvalue weighted by atomic mass is 35.5. The molecule has 0 saturated carbocycles. The number of benzene rings is 1. The minimum atomic E-state index is -3.61. The Bertz CT molecular complexity index is 913. The largest absolute Gasteiger partial charge is 0.497 e. The molecule has 3 atom stereocenters. The average Bonchev–Trinajstić information content (AvgIpc) is 3.31. The normalized spacial score (nSPS) is 25.2. The van der Waals surface area contributed by atoms with E-state index in [0.29, 0.717) is 23.1 Å². The monoisotopic (exact) mass is 412 g/mol. The number of fused-ring (bicyclic) bond motifs is 1. The summed E-state index contributed by atoms with van der Waals surface area (Å²) in [6.45, 7) is 4.01. The van der Waals surface area contributed by atoms with Crippen LogP contribution >= 0.6 is 12.4 Å². The zero-order valence-corrected chi connectivity index (χ0v) is 17.3. The van der Waals surface area contributed by atoms with Crippen molar-refractivity contribution in [2.45, 2.75) is 17.9 Å². The molecule has 1 aromatic carbocycles. The number of nitrogens with zero attached hydrogens (tertiary/aromatic N) is 3. The fourth-order valence-corrected chi connectivity index (χ4v) is 6.10. The van der Waals surface area contributed by atoms with Crippen LogP contribution in [0.4, 0.5) is 0 Å². The molecule has 2 saturated heterocycles. The molecule has 0 bridgehead atoms. The lowest BCUT2D eigenvalue weighted by Crippen LogP contribution is -2.35. The molecule has 7 nitrogen and oxygen atoms in total. The van der Waals surface area contributed by atoms with Gasteiger partial charge in [0.25, 0.3) is 0 Å². The van der Waals surface area contributed by atoms with E-state index in [1.54, 1.807) is 30.1 Å². The van der Waals surface area contributed by atoms with Crippen LogP contribution in [0.5, 0.6) is 5.75 Å². The first-order chi connectivity index (χ1) is 12.4. The minimum Gasteiger partial charge on any atom is -0.497 e. The number of hydrogen-bond donors (Lipinski definition) is 1. The minimum absolute atomic E-state index is 0. The van der Waals surface area contributed by atoms with Crippen molar-refractivity contribution in [3.63, 3.8) is 0 Å². The van der Waals surface area contributed by atoms with Gasteiger partial charge in [-0.3, -0.25) is 4.68 Å². The van der Waals surface area contributed by atoms with Gasteiger partial charge in [0, 0.05) is 20.1 Å². The number of aryl methyl sites for hydroxylation is 1. The molecule has 0 spiro atoms. The van der Waals surface area contributed by atoms with Crippen molar-refractivity contribution in [3.8, 4) is 5.75 Å². The van der Waals surface area contributed by atoms with Crippen LogP contribution in [0.25, 0.3) is 0 Å². The van der Waals surface area contributed by atoms with Crippen LogP contribution in [0.15, 0.2) is 35.4 Å². The van der Waals surface area contributed by atoms with E-state index in [0.717, 1.165) is 24.4 Å². The lowest BCUT2D eigenvalue weighted by molar-refractivity contribution is 0.345. The van der Waals surface area contributed by atoms with Crippen molar-refractivity contribution < 1.29 is 13.2 Å². The Labute approximate surface area is 166 Å². The second-order valence-corrected chi connectivity index (χ2v) is 8.95. The molecular formula is C18H25ClN4O3S. The highest BCUT2D eigenvalue weighted by molar-refractivity contribution is 7.89. The van der Waals surface area contributed by atoms with E-state index >= 15 is 0 Å². The number of halogens is 1. The van der Waals surface area contributed by atoms with E-state index in [1.165, 1.54) is 6.20 Å². The first-order valence-corrected chi connectivity index (χ1v) is 10.2. The van der Waals surface area contributed by atoms with Crippen LogP contribution in [-0.4, -0.2) is 49.2 Å². The van der Waals surface area contributed by atoms with Gasteiger partial charge in [0.2, 0.25) is 10.0 Å². The first kappa shape index (κ1) is 20.1. The molecule has 0 unspecified atom stereocenters. The highest BCUT2D eigenvalue weighted by Crippen LogP contribution is 2.45. The zero-order chi connectivity index (χ0) is 18.5. The molecule has 0 amide bonds. The van der Waals surface area contributed by atoms with Gasteiger partial charge in [-0.2, -0.15) is 9.40 Å². The molecule has 4 rings (SSSR count). The van der Waals surface area contributed by atoms with Crippen molar-refractivity contribution >= 4 is 22.4 Å². The van der Waals surface area contributed by atoms with Gasteiger partial charge in [-0.15, -0.1) is 12.4 Å². The van der Waals surface area contributed by atoms with Gasteiger partial charge in [-0.05, 0) is 43.0 Å². The molecule has 3 heterocycles. The number of nitrogens with one attached hydrogen (secondary N) is 1. The van der Waals surface area contributed by atoms with Crippen molar-refractivity contribution in [1.82, 2.24) is 19.4 Å². The van der Waals surface area contributed by atoms with E-state index < -0.39 is 10.0 Å². The Kier molecular flexibility index (Phi) is 5.54. The third-order valence-electron chi connectivity index (χ3n) is 5.76. The van der Waals surface area contributed by atoms with Crippen LogP contribution in [0.2, 0.25) is 0 Å². The molecular weight excluding hydrogens is 388 g/mol. The molecule has 1 N–H and O–H groups in total. The topological polar surface area (TPSA) is 76.5 Å². The van der Waals surface area contributed by atoms with Gasteiger partial charge in [0.15, 0.2) is 0 Å². The second-order valence-electron chi connectivity index (χ2n) is 7.09. The number of methoxy groups -OCH3 is 1. The van der Waals surface area contributed by atoms with Crippen molar-refractivity contribution in [2.75, 3.05) is 26.7 Å². The summed E-state index contributed by atoms with van der Waals surface area (Å²) in [7, 11) is -0.222. The summed E-state index contributed by atoms with van der Waals surface area (Å²) >= 11 is 0. The van der Waals surface area contributed by atoms with E-state index in [1.807, 2.05) is 24.3 Å². The molecule has 27 heavy (non-hydrogen) atoms. The fourth-order valence-electron chi connectivity index (χ4n) is 4.20. The van der Waals surface area contributed by atoms with Gasteiger partial charge in [-0.1, -0.05) is 12.1 Å². The van der Waals surface area contributed by atoms with Crippen molar-refractivity contribution in [3.05, 3.63) is 41.7 Å². The third kappa shape index (κ3) is 3.24. The Morgan fingerprint density at radius 3 is 2.52 bits per heavy atom. The van der Waals surface area contributed by atoms with Crippen LogP contribution in [-0.2, 0) is 17.1 Å². The lowest BCUT2D eigenvalue weighted by atomic mass is 9.90. The number of rotatable bonds is 4. The van der Waals surface area contributed by atoms with Gasteiger partial charge in [0.05, 0.1) is 25.0 Å². The van der Waals surface area contributed by atoms with Crippen LogP contribution in [0.1, 0.15) is 17.3 Å². The van der Waals surface area contributed by atoms with Crippen LogP contribution in [0, 0.1) is 18.8 Å². The summed E-state index contributed by atoms with van der Waals surface area (Å²) in [5.74, 6) is 1.37. The van der Waals surface area contributed by atoms with E-state index in [4.69, 9.17) is 4.74 Å². The molecule has 2 aromatic rings. The van der Waals surface area contributed by atoms with E-state index in [9.17, 15) is 8.42 Å². The van der Waals surface area contributed by atoms with Gasteiger partial charge >= 0.3 is 0 Å². The summed E-state index contributed by atoms with van der Waals surface area (Å²) < 4.78 is 35.4. The molecule has 2 aliphatic heterocycles. The third-order valence-corrected chi connectivity index (χ3v) is 7.71. The lowest BCUT2D eigenvalue weighted by Gasteiger charge is -2.27. The average molecular weight is 413 g/mol. The molecule has 0 aliphatic carbocycles. The quantitative estimate of drug-likeness (QED) is 0.827. The fraction of sp³-hybridized carbons (Fsp3) is 0.500. The SMILES string of the molecule is COc1ccc([C@H]2[C@H]3CNC[C@H]3CN2S(=O)(=O)c2cnn(C)c2C)cc1.Cl. The molecule has 0 radical (unpaired) electrons. The van der Waals surface area contributed by atoms with E-state index in [-0.39, 0.29) is 24.4 Å². The Morgan fingerprint density at radius 1 is 1.22 bits per heavy atom. The summed E-state index contributed by atoms with van der Waals surface area (Å²) in [5.41, 5.74) is 1.67. The van der Waals surface area contributed by atoms with E-state index in [2.05, 4.69) is 10.4 Å². The van der Waals surface area contributed by atoms with Crippen molar-refractivity contribution in [2.24, 2.45) is 18.9 Å². The maximum atomic E-state index is 13.4. The smallest absolute Gasteiger partial charge is 0.247 e. The Balaban J connectivity index is 0.00000210. The van der Waals surface area contributed by atoms with Crippen LogP contribution < -0.4 is 10.1 Å². The first-order valence-electron chi connectivity index (χ1n) is 8.78. The van der Waals surface area contributed by atoms with Gasteiger partial charge < -0.3 is 10.1 Å². The van der Waals surface area contributed by atoms with Crippen molar-refractivity contribution in [1.29, 1.82) is 0 Å². The van der Waals surface area contributed by atoms with Crippen LogP contribution in [0.3, 0.4) is 0 Å².